The molecule has 2 N–H and O–H groups in total. The molecule has 2 aromatic rings. The average molecular weight is 326 g/mol. The lowest BCUT2D eigenvalue weighted by atomic mass is 9.99. The number of amides is 1. The van der Waals surface area contributed by atoms with Crippen molar-refractivity contribution in [2.24, 2.45) is 5.92 Å². The molecule has 0 radical (unpaired) electrons. The average Bonchev–Trinajstić information content (AvgIpc) is 2.60. The summed E-state index contributed by atoms with van der Waals surface area (Å²) >= 11 is 0. The third kappa shape index (κ3) is 4.17. The molecule has 1 atom stereocenters. The van der Waals surface area contributed by atoms with Crippen LogP contribution < -0.4 is 14.8 Å². The van der Waals surface area contributed by atoms with Crippen LogP contribution in [-0.4, -0.2) is 25.2 Å². The van der Waals surface area contributed by atoms with Crippen molar-refractivity contribution in [3.63, 3.8) is 0 Å². The molecule has 0 bridgehead atoms. The fraction of sp³-hybridized carbons (Fsp3) is 0.222. The monoisotopic (exact) mass is 326 g/mol. The number of nitrogens with zero attached hydrogens (tertiary/aromatic N) is 1. The predicted octanol–water partition coefficient (Wildman–Crippen LogP) is 2.73. The molecule has 0 aromatic heterocycles. The van der Waals surface area contributed by atoms with Gasteiger partial charge in [0.15, 0.2) is 11.5 Å². The Labute approximate surface area is 140 Å². The smallest absolute Gasteiger partial charge is 0.242 e. The van der Waals surface area contributed by atoms with E-state index in [0.29, 0.717) is 17.2 Å². The molecule has 6 heteroatoms. The Balaban J connectivity index is 2.10. The molecule has 0 heterocycles. The van der Waals surface area contributed by atoms with Crippen molar-refractivity contribution in [1.82, 2.24) is 0 Å². The van der Waals surface area contributed by atoms with Crippen molar-refractivity contribution >= 4 is 11.6 Å². The van der Waals surface area contributed by atoms with Gasteiger partial charge in [-0.3, -0.25) is 4.79 Å². The van der Waals surface area contributed by atoms with E-state index < -0.39 is 11.8 Å². The number of carbonyl (C=O) groups excluding carboxylic acids is 1. The maximum absolute atomic E-state index is 12.3. The number of benzene rings is 2. The Hall–Kier alpha value is -3.20. The predicted molar refractivity (Wildman–Crippen MR) is 89.1 cm³/mol. The number of nitriles is 1. The quantitative estimate of drug-likeness (QED) is 0.851. The van der Waals surface area contributed by atoms with Gasteiger partial charge in [-0.2, -0.15) is 5.26 Å². The third-order valence-electron chi connectivity index (χ3n) is 3.49. The SMILES string of the molecule is COc1cccc(NC(=O)[C@H](C#N)Cc2ccc(O)c(OC)c2)c1. The highest BCUT2D eigenvalue weighted by atomic mass is 16.5. The van der Waals surface area contributed by atoms with Gasteiger partial charge in [-0.25, -0.2) is 0 Å². The molecule has 0 saturated carbocycles. The highest BCUT2D eigenvalue weighted by Crippen LogP contribution is 2.27. The number of anilines is 1. The Morgan fingerprint density at radius 1 is 1.25 bits per heavy atom. The standard InChI is InChI=1S/C18H18N2O4/c1-23-15-5-3-4-14(10-15)20-18(22)13(11-19)8-12-6-7-16(21)17(9-12)24-2/h3-7,9-10,13,21H,8H2,1-2H3,(H,20,22)/t13-/m0/s1. The minimum Gasteiger partial charge on any atom is -0.504 e. The number of hydrogen-bond donors (Lipinski definition) is 2. The highest BCUT2D eigenvalue weighted by molar-refractivity contribution is 5.94. The number of phenolic OH excluding ortho intramolecular Hbond substituents is 1. The van der Waals surface area contributed by atoms with E-state index in [4.69, 9.17) is 9.47 Å². The van der Waals surface area contributed by atoms with Gasteiger partial charge < -0.3 is 19.9 Å². The van der Waals surface area contributed by atoms with E-state index in [1.807, 2.05) is 6.07 Å². The number of nitrogens with one attached hydrogen (secondary N) is 1. The van der Waals surface area contributed by atoms with Crippen LogP contribution in [0.2, 0.25) is 0 Å². The molecule has 0 aliphatic rings. The summed E-state index contributed by atoms with van der Waals surface area (Å²) in [6.07, 6.45) is 0.211. The molecule has 124 valence electrons. The number of phenols is 1. The number of rotatable bonds is 6. The van der Waals surface area contributed by atoms with Crippen molar-refractivity contribution < 1.29 is 19.4 Å². The van der Waals surface area contributed by atoms with E-state index in [9.17, 15) is 15.2 Å². The van der Waals surface area contributed by atoms with E-state index in [0.717, 1.165) is 5.56 Å². The molecule has 2 aromatic carbocycles. The van der Waals surface area contributed by atoms with Gasteiger partial charge in [-0.15, -0.1) is 0 Å². The summed E-state index contributed by atoms with van der Waals surface area (Å²) < 4.78 is 10.1. The van der Waals surface area contributed by atoms with Gasteiger partial charge >= 0.3 is 0 Å². The lowest BCUT2D eigenvalue weighted by molar-refractivity contribution is -0.118. The van der Waals surface area contributed by atoms with Crippen molar-refractivity contribution in [3.8, 4) is 23.3 Å². The van der Waals surface area contributed by atoms with E-state index in [-0.39, 0.29) is 12.2 Å². The molecule has 1 amide bonds. The second-order valence-electron chi connectivity index (χ2n) is 5.11. The van der Waals surface area contributed by atoms with E-state index >= 15 is 0 Å². The number of aromatic hydroxyl groups is 1. The normalized spacial score (nSPS) is 11.2. The Morgan fingerprint density at radius 3 is 2.71 bits per heavy atom. The van der Waals surface area contributed by atoms with Gasteiger partial charge in [-0.05, 0) is 36.2 Å². The summed E-state index contributed by atoms with van der Waals surface area (Å²) in [5.41, 5.74) is 1.28. The molecule has 0 spiro atoms. The third-order valence-corrected chi connectivity index (χ3v) is 3.49. The van der Waals surface area contributed by atoms with Crippen LogP contribution in [0.1, 0.15) is 5.56 Å². The summed E-state index contributed by atoms with van der Waals surface area (Å²) in [7, 11) is 2.98. The zero-order valence-electron chi connectivity index (χ0n) is 13.4. The first-order valence-electron chi connectivity index (χ1n) is 7.27. The fourth-order valence-electron chi connectivity index (χ4n) is 2.21. The molecule has 0 aliphatic carbocycles. The van der Waals surface area contributed by atoms with Crippen molar-refractivity contribution in [2.75, 3.05) is 19.5 Å². The van der Waals surface area contributed by atoms with Gasteiger partial charge in [0.2, 0.25) is 5.91 Å². The lowest BCUT2D eigenvalue weighted by Gasteiger charge is -2.12. The van der Waals surface area contributed by atoms with Crippen LogP contribution in [0.4, 0.5) is 5.69 Å². The van der Waals surface area contributed by atoms with E-state index in [1.165, 1.54) is 20.3 Å². The summed E-state index contributed by atoms with van der Waals surface area (Å²) in [6, 6.07) is 13.7. The van der Waals surface area contributed by atoms with Crippen molar-refractivity contribution in [3.05, 3.63) is 48.0 Å². The first-order valence-corrected chi connectivity index (χ1v) is 7.27. The first kappa shape index (κ1) is 17.2. The molecule has 0 fully saturated rings. The molecular weight excluding hydrogens is 308 g/mol. The number of carbonyl (C=O) groups is 1. The first-order chi connectivity index (χ1) is 11.6. The zero-order valence-corrected chi connectivity index (χ0v) is 13.4. The molecular formula is C18H18N2O4. The van der Waals surface area contributed by atoms with Crippen LogP contribution in [0.3, 0.4) is 0 Å². The molecule has 0 aliphatic heterocycles. The number of methoxy groups -OCH3 is 2. The maximum atomic E-state index is 12.3. The second kappa shape index (κ2) is 7.88. The van der Waals surface area contributed by atoms with Crippen LogP contribution in [0.5, 0.6) is 17.2 Å². The Kier molecular flexibility index (Phi) is 5.63. The van der Waals surface area contributed by atoms with E-state index in [2.05, 4.69) is 5.32 Å². The molecule has 6 nitrogen and oxygen atoms in total. The summed E-state index contributed by atoms with van der Waals surface area (Å²) in [5.74, 6) is -0.346. The van der Waals surface area contributed by atoms with Gasteiger partial charge in [0.1, 0.15) is 11.7 Å². The van der Waals surface area contributed by atoms with Crippen LogP contribution in [0, 0.1) is 17.2 Å². The summed E-state index contributed by atoms with van der Waals surface area (Å²) in [5, 5.41) is 21.6. The number of ether oxygens (including phenoxy) is 2. The van der Waals surface area contributed by atoms with Crippen LogP contribution in [-0.2, 0) is 11.2 Å². The molecule has 0 saturated heterocycles. The van der Waals surface area contributed by atoms with Gasteiger partial charge in [0.05, 0.1) is 20.3 Å². The van der Waals surface area contributed by atoms with Crippen LogP contribution >= 0.6 is 0 Å². The van der Waals surface area contributed by atoms with Crippen LogP contribution in [0.25, 0.3) is 0 Å². The molecule has 0 unspecified atom stereocenters. The topological polar surface area (TPSA) is 91.6 Å². The largest absolute Gasteiger partial charge is 0.504 e. The molecule has 24 heavy (non-hydrogen) atoms. The van der Waals surface area contributed by atoms with Gasteiger partial charge in [0, 0.05) is 11.8 Å². The Bertz CT molecular complexity index is 768. The van der Waals surface area contributed by atoms with Gasteiger partial charge in [0.25, 0.3) is 0 Å². The number of hydrogen-bond acceptors (Lipinski definition) is 5. The highest BCUT2D eigenvalue weighted by Gasteiger charge is 2.19. The lowest BCUT2D eigenvalue weighted by Crippen LogP contribution is -2.23. The Morgan fingerprint density at radius 2 is 2.04 bits per heavy atom. The van der Waals surface area contributed by atoms with Crippen molar-refractivity contribution in [1.29, 1.82) is 5.26 Å². The maximum Gasteiger partial charge on any atom is 0.242 e. The van der Waals surface area contributed by atoms with Gasteiger partial charge in [-0.1, -0.05) is 12.1 Å². The minimum atomic E-state index is -0.870. The molecule has 2 rings (SSSR count). The minimum absolute atomic E-state index is 0.00981. The van der Waals surface area contributed by atoms with E-state index in [1.54, 1.807) is 36.4 Å². The van der Waals surface area contributed by atoms with Crippen molar-refractivity contribution in [2.45, 2.75) is 6.42 Å². The second-order valence-corrected chi connectivity index (χ2v) is 5.11. The summed E-state index contributed by atoms with van der Waals surface area (Å²) in [6.45, 7) is 0. The fourth-order valence-corrected chi connectivity index (χ4v) is 2.21. The summed E-state index contributed by atoms with van der Waals surface area (Å²) in [4.78, 5) is 12.3. The zero-order chi connectivity index (χ0) is 17.5. The van der Waals surface area contributed by atoms with Crippen LogP contribution in [0.15, 0.2) is 42.5 Å².